The number of hydrogen-bond acceptors (Lipinski definition) is 5. The number of nitrogens with two attached hydrogens (primary N) is 1. The molecular weight excluding hydrogens is 557 g/mol. The molecule has 3 atom stereocenters. The molecule has 2 aromatic heterocycles. The van der Waals surface area contributed by atoms with E-state index in [1.165, 1.54) is 23.8 Å². The highest BCUT2D eigenvalue weighted by atomic mass is 35.5. The molecule has 4 aromatic rings. The van der Waals surface area contributed by atoms with Crippen molar-refractivity contribution in [3.63, 3.8) is 0 Å². The van der Waals surface area contributed by atoms with E-state index < -0.39 is 23.3 Å². The molecule has 0 bridgehead atoms. The van der Waals surface area contributed by atoms with Crippen molar-refractivity contribution in [2.45, 2.75) is 49.8 Å². The van der Waals surface area contributed by atoms with E-state index in [0.717, 1.165) is 22.9 Å². The minimum Gasteiger partial charge on any atom is -0.380 e. The van der Waals surface area contributed by atoms with E-state index in [4.69, 9.17) is 22.1 Å². The van der Waals surface area contributed by atoms with Crippen LogP contribution in [0.25, 0.3) is 10.9 Å². The molecule has 8 nitrogen and oxygen atoms in total. The number of H-pyrrole nitrogens is 1. The molecule has 1 unspecified atom stereocenters. The highest BCUT2D eigenvalue weighted by Crippen LogP contribution is 2.40. The van der Waals surface area contributed by atoms with Crippen molar-refractivity contribution in [1.29, 1.82) is 0 Å². The van der Waals surface area contributed by atoms with Crippen LogP contribution in [0.4, 0.5) is 10.1 Å². The molecular formula is C32H33ClFN5O3. The van der Waals surface area contributed by atoms with Crippen LogP contribution in [0.3, 0.4) is 0 Å². The maximum atomic E-state index is 15.2. The molecule has 3 heterocycles. The van der Waals surface area contributed by atoms with Crippen LogP contribution in [0.2, 0.25) is 5.02 Å². The molecule has 4 N–H and O–H groups in total. The molecule has 0 spiro atoms. The summed E-state index contributed by atoms with van der Waals surface area (Å²) in [6.07, 6.45) is 9.02. The summed E-state index contributed by atoms with van der Waals surface area (Å²) in [5.74, 6) is -0.744. The fourth-order valence-electron chi connectivity index (χ4n) is 5.89. The van der Waals surface area contributed by atoms with E-state index in [9.17, 15) is 9.59 Å². The number of fused-ring (bicyclic) bond motifs is 1. The first-order chi connectivity index (χ1) is 20.3. The highest BCUT2D eigenvalue weighted by molar-refractivity contribution is 6.35. The van der Waals surface area contributed by atoms with Crippen molar-refractivity contribution in [3.05, 3.63) is 94.7 Å². The van der Waals surface area contributed by atoms with E-state index in [1.807, 2.05) is 12.1 Å². The number of methoxy groups -OCH3 is 1. The molecule has 2 fully saturated rings. The molecule has 1 saturated carbocycles. The Bertz CT molecular complexity index is 1630. The van der Waals surface area contributed by atoms with Crippen molar-refractivity contribution in [1.82, 2.24) is 14.9 Å². The van der Waals surface area contributed by atoms with Gasteiger partial charge in [0.25, 0.3) is 5.91 Å². The number of halogens is 2. The standard InChI is InChI=1S/C32H33ClFN5O3/c1-42-23-16-29(39(18-23)31(41)20-4-6-24-25(33)17-37-27(24)14-20)30(40)38-28-15-22(5-7-26(28)34)32(35,11-8-19-2-3-19)21-9-12-36-13-10-21/h4-7,9-10,12-15,17,19,23,29,37H,2-3,8,11,16,18,35H2,1H3,(H,38,40)/t23-,29-,32?/m1/s1. The second kappa shape index (κ2) is 11.5. The van der Waals surface area contributed by atoms with E-state index >= 15 is 4.39 Å². The van der Waals surface area contributed by atoms with Crippen LogP contribution in [0, 0.1) is 11.7 Å². The van der Waals surface area contributed by atoms with Gasteiger partial charge >= 0.3 is 0 Å². The molecule has 2 amide bonds. The number of ether oxygens (including phenoxy) is 1. The molecule has 1 saturated heterocycles. The summed E-state index contributed by atoms with van der Waals surface area (Å²) in [4.78, 5) is 35.9. The second-order valence-electron chi connectivity index (χ2n) is 11.3. The summed E-state index contributed by atoms with van der Waals surface area (Å²) in [5, 5.41) is 4.11. The van der Waals surface area contributed by atoms with Gasteiger partial charge in [0.1, 0.15) is 11.9 Å². The van der Waals surface area contributed by atoms with Gasteiger partial charge in [-0.2, -0.15) is 0 Å². The summed E-state index contributed by atoms with van der Waals surface area (Å²) in [5.41, 5.74) is 8.88. The fraction of sp³-hybridized carbons (Fsp3) is 0.344. The third-order valence-corrected chi connectivity index (χ3v) is 8.93. The van der Waals surface area contributed by atoms with Gasteiger partial charge in [-0.05, 0) is 66.3 Å². The summed E-state index contributed by atoms with van der Waals surface area (Å²) in [6.45, 7) is 0.231. The molecule has 0 radical (unpaired) electrons. The number of hydrogen-bond donors (Lipinski definition) is 3. The number of likely N-dealkylation sites (tertiary alicyclic amines) is 1. The van der Waals surface area contributed by atoms with Crippen LogP contribution >= 0.6 is 11.6 Å². The van der Waals surface area contributed by atoms with Gasteiger partial charge < -0.3 is 25.7 Å². The number of aromatic nitrogens is 2. The molecule has 2 aliphatic rings. The number of anilines is 1. The van der Waals surface area contributed by atoms with E-state index in [1.54, 1.807) is 56.0 Å². The minimum absolute atomic E-state index is 0.0171. The van der Waals surface area contributed by atoms with Gasteiger partial charge in [0.15, 0.2) is 0 Å². The average Bonchev–Trinajstić information content (AvgIpc) is 3.63. The van der Waals surface area contributed by atoms with Crippen LogP contribution in [0.5, 0.6) is 0 Å². The predicted molar refractivity (Wildman–Crippen MR) is 160 cm³/mol. The van der Waals surface area contributed by atoms with Crippen molar-refractivity contribution in [2.75, 3.05) is 19.0 Å². The Labute approximate surface area is 248 Å². The molecule has 42 heavy (non-hydrogen) atoms. The summed E-state index contributed by atoms with van der Waals surface area (Å²) in [7, 11) is 1.55. The van der Waals surface area contributed by atoms with Gasteiger partial charge in [-0.1, -0.05) is 36.6 Å². The van der Waals surface area contributed by atoms with Crippen molar-refractivity contribution in [3.8, 4) is 0 Å². The molecule has 6 rings (SSSR count). The smallest absolute Gasteiger partial charge is 0.254 e. The zero-order valence-electron chi connectivity index (χ0n) is 23.3. The Kier molecular flexibility index (Phi) is 7.74. The summed E-state index contributed by atoms with van der Waals surface area (Å²) >= 11 is 6.19. The Morgan fingerprint density at radius 1 is 1.17 bits per heavy atom. The Balaban J connectivity index is 1.26. The SMILES string of the molecule is CO[C@@H]1C[C@H](C(=O)Nc2cc(C(N)(CCC3CC3)c3ccncc3)ccc2F)N(C(=O)c2ccc3c(Cl)c[nH]c3c2)C1. The molecule has 10 heteroatoms. The summed E-state index contributed by atoms with van der Waals surface area (Å²) < 4.78 is 20.7. The number of rotatable bonds is 9. The van der Waals surface area contributed by atoms with E-state index in [2.05, 4.69) is 15.3 Å². The molecule has 1 aliphatic carbocycles. The lowest BCUT2D eigenvalue weighted by Crippen LogP contribution is -2.43. The third kappa shape index (κ3) is 5.52. The number of amides is 2. The first kappa shape index (κ1) is 28.3. The number of benzene rings is 2. The van der Waals surface area contributed by atoms with Gasteiger partial charge in [-0.3, -0.25) is 14.6 Å². The fourth-order valence-corrected chi connectivity index (χ4v) is 6.11. The number of nitrogens with one attached hydrogen (secondary N) is 2. The van der Waals surface area contributed by atoms with E-state index in [0.29, 0.717) is 28.5 Å². The second-order valence-corrected chi connectivity index (χ2v) is 11.7. The van der Waals surface area contributed by atoms with Gasteiger partial charge in [0.05, 0.1) is 22.4 Å². The average molecular weight is 590 g/mol. The van der Waals surface area contributed by atoms with Gasteiger partial charge in [-0.15, -0.1) is 0 Å². The zero-order chi connectivity index (χ0) is 29.4. The first-order valence-corrected chi connectivity index (χ1v) is 14.6. The first-order valence-electron chi connectivity index (χ1n) is 14.2. The lowest BCUT2D eigenvalue weighted by Gasteiger charge is -2.31. The highest BCUT2D eigenvalue weighted by Gasteiger charge is 2.41. The number of carbonyl (C=O) groups is 2. The maximum absolute atomic E-state index is 15.2. The number of aromatic amines is 1. The van der Waals surface area contributed by atoms with Crippen LogP contribution in [-0.2, 0) is 15.1 Å². The lowest BCUT2D eigenvalue weighted by molar-refractivity contribution is -0.119. The van der Waals surface area contributed by atoms with Crippen molar-refractivity contribution < 1.29 is 18.7 Å². The molecule has 2 aromatic carbocycles. The topological polar surface area (TPSA) is 113 Å². The van der Waals surface area contributed by atoms with Crippen LogP contribution < -0.4 is 11.1 Å². The monoisotopic (exact) mass is 589 g/mol. The summed E-state index contributed by atoms with van der Waals surface area (Å²) in [6, 6.07) is 12.7. The Morgan fingerprint density at radius 2 is 1.95 bits per heavy atom. The molecule has 1 aliphatic heterocycles. The maximum Gasteiger partial charge on any atom is 0.254 e. The normalized spacial score (nSPS) is 20.0. The molecule has 218 valence electrons. The quantitative estimate of drug-likeness (QED) is 0.235. The van der Waals surface area contributed by atoms with Gasteiger partial charge in [-0.25, -0.2) is 4.39 Å². The zero-order valence-corrected chi connectivity index (χ0v) is 24.0. The van der Waals surface area contributed by atoms with Gasteiger partial charge in [0.2, 0.25) is 5.91 Å². The van der Waals surface area contributed by atoms with Gasteiger partial charge in [0, 0.05) is 55.1 Å². The number of nitrogens with zero attached hydrogens (tertiary/aromatic N) is 2. The van der Waals surface area contributed by atoms with Crippen molar-refractivity contribution >= 4 is 40.0 Å². The Hall–Kier alpha value is -3.79. The largest absolute Gasteiger partial charge is 0.380 e. The van der Waals surface area contributed by atoms with Crippen molar-refractivity contribution in [2.24, 2.45) is 11.7 Å². The minimum atomic E-state index is -0.880. The van der Waals surface area contributed by atoms with Crippen LogP contribution in [0.15, 0.2) is 67.1 Å². The number of carbonyl (C=O) groups excluding carboxylic acids is 2. The van der Waals surface area contributed by atoms with E-state index in [-0.39, 0.29) is 30.7 Å². The predicted octanol–water partition coefficient (Wildman–Crippen LogP) is 5.62. The number of pyridine rings is 1. The third-order valence-electron chi connectivity index (χ3n) is 8.62. The lowest BCUT2D eigenvalue weighted by atomic mass is 9.79. The van der Waals surface area contributed by atoms with Crippen LogP contribution in [-0.4, -0.2) is 52.5 Å². The van der Waals surface area contributed by atoms with Crippen LogP contribution in [0.1, 0.15) is 53.6 Å². The Morgan fingerprint density at radius 3 is 2.69 bits per heavy atom.